The van der Waals surface area contributed by atoms with Gasteiger partial charge in [-0.1, -0.05) is 29.3 Å². The molecule has 0 fully saturated rings. The Balaban J connectivity index is 2.34. The number of hydrogen-bond acceptors (Lipinski definition) is 2. The number of rotatable bonds is 2. The molecule has 0 aliphatic heterocycles. The van der Waals surface area contributed by atoms with Crippen LogP contribution in [0, 0.1) is 6.92 Å². The summed E-state index contributed by atoms with van der Waals surface area (Å²) in [5, 5.41) is 3.60. The van der Waals surface area contributed by atoms with Crippen molar-refractivity contribution in [3.05, 3.63) is 46.9 Å². The molecule has 7 heteroatoms. The number of amides is 1. The van der Waals surface area contributed by atoms with Gasteiger partial charge in [-0.3, -0.25) is 4.79 Å². The second-order valence-corrected chi connectivity index (χ2v) is 8.28. The highest BCUT2D eigenvalue weighted by molar-refractivity contribution is 9.12. The minimum Gasteiger partial charge on any atom is -0.319 e. The first-order valence-electron chi connectivity index (χ1n) is 5.11. The predicted molar refractivity (Wildman–Crippen MR) is 88.9 cm³/mol. The van der Waals surface area contributed by atoms with Crippen LogP contribution >= 0.6 is 66.4 Å². The van der Waals surface area contributed by atoms with E-state index in [9.17, 15) is 4.79 Å². The fraction of sp³-hybridized carbons (Fsp3) is 0.0833. The standard InChI is InChI=1S/C12H7Br2Cl2NOS/c1-5-2-3-7(15)10(9(5)16)17-12(18)6-4-8(13)19-11(6)14/h2-4H,1H3,(H,17,18). The van der Waals surface area contributed by atoms with Gasteiger partial charge in [0.25, 0.3) is 5.91 Å². The Kier molecular flexibility index (Phi) is 4.95. The van der Waals surface area contributed by atoms with Crippen LogP contribution in [0.25, 0.3) is 0 Å². The summed E-state index contributed by atoms with van der Waals surface area (Å²) in [6.07, 6.45) is 0. The molecule has 1 heterocycles. The van der Waals surface area contributed by atoms with Gasteiger partial charge in [0.1, 0.15) is 0 Å². The van der Waals surface area contributed by atoms with Crippen molar-refractivity contribution in [3.63, 3.8) is 0 Å². The van der Waals surface area contributed by atoms with Gasteiger partial charge in [0.15, 0.2) is 0 Å². The van der Waals surface area contributed by atoms with E-state index in [1.807, 2.05) is 6.92 Å². The first-order chi connectivity index (χ1) is 8.90. The number of hydrogen-bond donors (Lipinski definition) is 1. The zero-order valence-corrected chi connectivity index (χ0v) is 15.1. The van der Waals surface area contributed by atoms with Gasteiger partial charge in [0, 0.05) is 0 Å². The SMILES string of the molecule is Cc1ccc(Cl)c(NC(=O)c2cc(Br)sc2Br)c1Cl. The van der Waals surface area contributed by atoms with Crippen molar-refractivity contribution in [3.8, 4) is 0 Å². The second-order valence-electron chi connectivity index (χ2n) is 3.75. The van der Waals surface area contributed by atoms with Gasteiger partial charge in [-0.2, -0.15) is 0 Å². The topological polar surface area (TPSA) is 29.1 Å². The molecule has 2 rings (SSSR count). The van der Waals surface area contributed by atoms with Crippen molar-refractivity contribution < 1.29 is 4.79 Å². The van der Waals surface area contributed by atoms with E-state index in [-0.39, 0.29) is 5.91 Å². The minimum absolute atomic E-state index is 0.261. The van der Waals surface area contributed by atoms with Gasteiger partial charge in [-0.05, 0) is 56.5 Å². The molecular weight excluding hydrogens is 437 g/mol. The van der Waals surface area contributed by atoms with E-state index >= 15 is 0 Å². The number of halogens is 4. The molecule has 1 N–H and O–H groups in total. The number of carbonyl (C=O) groups is 1. The summed E-state index contributed by atoms with van der Waals surface area (Å²) in [4.78, 5) is 12.2. The molecule has 19 heavy (non-hydrogen) atoms. The summed E-state index contributed by atoms with van der Waals surface area (Å²) >= 11 is 20.3. The van der Waals surface area contributed by atoms with Crippen LogP contribution in [0.2, 0.25) is 10.0 Å². The lowest BCUT2D eigenvalue weighted by molar-refractivity contribution is 0.102. The molecule has 0 atom stereocenters. The van der Waals surface area contributed by atoms with Crippen molar-refractivity contribution in [2.45, 2.75) is 6.92 Å². The summed E-state index contributed by atoms with van der Waals surface area (Å²) in [7, 11) is 0. The van der Waals surface area contributed by atoms with E-state index in [2.05, 4.69) is 37.2 Å². The predicted octanol–water partition coefficient (Wildman–Crippen LogP) is 6.14. The molecule has 0 bridgehead atoms. The highest BCUT2D eigenvalue weighted by Gasteiger charge is 2.17. The van der Waals surface area contributed by atoms with E-state index in [4.69, 9.17) is 23.2 Å². The molecule has 2 aromatic rings. The van der Waals surface area contributed by atoms with E-state index in [1.165, 1.54) is 11.3 Å². The molecular formula is C12H7Br2Cl2NOS. The smallest absolute Gasteiger partial charge is 0.257 e. The van der Waals surface area contributed by atoms with Crippen LogP contribution in [0.15, 0.2) is 25.8 Å². The molecule has 0 aliphatic rings. The zero-order valence-electron chi connectivity index (χ0n) is 9.56. The summed E-state index contributed by atoms with van der Waals surface area (Å²) < 4.78 is 1.61. The van der Waals surface area contributed by atoms with Crippen molar-refractivity contribution in [1.82, 2.24) is 0 Å². The van der Waals surface area contributed by atoms with Crippen LogP contribution in [0.4, 0.5) is 5.69 Å². The van der Waals surface area contributed by atoms with Crippen molar-refractivity contribution >= 4 is 78.0 Å². The third kappa shape index (κ3) is 3.34. The lowest BCUT2D eigenvalue weighted by Crippen LogP contribution is -2.12. The Hall–Kier alpha value is -0.0700. The number of benzene rings is 1. The van der Waals surface area contributed by atoms with Crippen LogP contribution < -0.4 is 5.32 Å². The summed E-state index contributed by atoms with van der Waals surface area (Å²) in [6.45, 7) is 1.85. The van der Waals surface area contributed by atoms with Gasteiger partial charge in [-0.25, -0.2) is 0 Å². The Morgan fingerprint density at radius 2 is 2.00 bits per heavy atom. The van der Waals surface area contributed by atoms with Gasteiger partial charge in [0.05, 0.1) is 28.9 Å². The van der Waals surface area contributed by atoms with Crippen molar-refractivity contribution in [2.24, 2.45) is 0 Å². The number of aryl methyl sites for hydroxylation is 1. The first-order valence-corrected chi connectivity index (χ1v) is 8.26. The maximum atomic E-state index is 12.2. The summed E-state index contributed by atoms with van der Waals surface area (Å²) in [5.74, 6) is -0.261. The van der Waals surface area contributed by atoms with Gasteiger partial charge in [-0.15, -0.1) is 11.3 Å². The number of nitrogens with one attached hydrogen (secondary N) is 1. The largest absolute Gasteiger partial charge is 0.319 e. The maximum absolute atomic E-state index is 12.2. The van der Waals surface area contributed by atoms with Crippen molar-refractivity contribution in [2.75, 3.05) is 5.32 Å². The van der Waals surface area contributed by atoms with E-state index in [0.717, 1.165) is 13.1 Å². The molecule has 0 radical (unpaired) electrons. The molecule has 1 aromatic heterocycles. The van der Waals surface area contributed by atoms with E-state index < -0.39 is 0 Å². The normalized spacial score (nSPS) is 10.6. The number of thiophene rings is 1. The molecule has 0 saturated carbocycles. The molecule has 0 spiro atoms. The minimum atomic E-state index is -0.261. The third-order valence-corrected chi connectivity index (χ3v) is 5.57. The highest BCUT2D eigenvalue weighted by atomic mass is 79.9. The lowest BCUT2D eigenvalue weighted by Gasteiger charge is -2.10. The molecule has 100 valence electrons. The van der Waals surface area contributed by atoms with Crippen LogP contribution in [0.1, 0.15) is 15.9 Å². The fourth-order valence-electron chi connectivity index (χ4n) is 1.45. The van der Waals surface area contributed by atoms with Crippen molar-refractivity contribution in [1.29, 1.82) is 0 Å². The lowest BCUT2D eigenvalue weighted by atomic mass is 10.2. The summed E-state index contributed by atoms with van der Waals surface area (Å²) in [6, 6.07) is 5.25. The molecule has 0 saturated heterocycles. The maximum Gasteiger partial charge on any atom is 0.257 e. The van der Waals surface area contributed by atoms with Crippen LogP contribution in [-0.4, -0.2) is 5.91 Å². The monoisotopic (exact) mass is 441 g/mol. The van der Waals surface area contributed by atoms with E-state index in [1.54, 1.807) is 18.2 Å². The number of carbonyl (C=O) groups excluding carboxylic acids is 1. The van der Waals surface area contributed by atoms with Crippen LogP contribution in [0.5, 0.6) is 0 Å². The Morgan fingerprint density at radius 3 is 2.58 bits per heavy atom. The molecule has 1 aromatic carbocycles. The molecule has 2 nitrogen and oxygen atoms in total. The molecule has 0 aliphatic carbocycles. The third-order valence-electron chi connectivity index (χ3n) is 2.42. The average molecular weight is 444 g/mol. The van der Waals surface area contributed by atoms with Gasteiger partial charge >= 0.3 is 0 Å². The summed E-state index contributed by atoms with van der Waals surface area (Å²) in [5.41, 5.74) is 1.82. The Bertz CT molecular complexity index is 657. The fourth-order valence-corrected chi connectivity index (χ4v) is 4.71. The Morgan fingerprint density at radius 1 is 1.32 bits per heavy atom. The average Bonchev–Trinajstić information content (AvgIpc) is 2.69. The van der Waals surface area contributed by atoms with Crippen LogP contribution in [-0.2, 0) is 0 Å². The number of anilines is 1. The highest BCUT2D eigenvalue weighted by Crippen LogP contribution is 2.35. The van der Waals surface area contributed by atoms with Crippen LogP contribution in [0.3, 0.4) is 0 Å². The Labute approximate surface area is 141 Å². The molecule has 1 amide bonds. The van der Waals surface area contributed by atoms with Gasteiger partial charge < -0.3 is 5.32 Å². The zero-order chi connectivity index (χ0) is 14.2. The second kappa shape index (κ2) is 6.14. The molecule has 0 unspecified atom stereocenters. The first kappa shape index (κ1) is 15.3. The quantitative estimate of drug-likeness (QED) is 0.593. The van der Waals surface area contributed by atoms with E-state index in [0.29, 0.717) is 21.3 Å². The van der Waals surface area contributed by atoms with Gasteiger partial charge in [0.2, 0.25) is 0 Å².